The first-order chi connectivity index (χ1) is 8.91. The highest BCUT2D eigenvalue weighted by Gasteiger charge is 2.22. The zero-order valence-electron chi connectivity index (χ0n) is 9.16. The molecular weight excluding hydrogens is 332 g/mol. The van der Waals surface area contributed by atoms with Gasteiger partial charge >= 0.3 is 0 Å². The van der Waals surface area contributed by atoms with Crippen LogP contribution in [0.4, 0.5) is 5.69 Å². The summed E-state index contributed by atoms with van der Waals surface area (Å²) in [4.78, 5) is 10.5. The molecule has 0 heterocycles. The minimum atomic E-state index is -0.535. The molecule has 0 unspecified atom stereocenters. The van der Waals surface area contributed by atoms with Crippen molar-refractivity contribution in [2.45, 2.75) is 0 Å². The normalized spacial score (nSPS) is 10.5. The van der Waals surface area contributed by atoms with Gasteiger partial charge in [-0.2, -0.15) is 0 Å². The Bertz CT molecular complexity index is 673. The molecule has 3 nitrogen and oxygen atoms in total. The Morgan fingerprint density at radius 3 is 2.32 bits per heavy atom. The summed E-state index contributed by atoms with van der Waals surface area (Å²) < 4.78 is 0. The second-order valence-corrected chi connectivity index (χ2v) is 5.27. The van der Waals surface area contributed by atoms with Crippen LogP contribution in [0.5, 0.6) is 0 Å². The number of halogens is 4. The topological polar surface area (TPSA) is 43.1 Å². The monoisotopic (exact) mass is 335 g/mol. The molecule has 0 spiro atoms. The van der Waals surface area contributed by atoms with Crippen LogP contribution in [0.3, 0.4) is 0 Å². The lowest BCUT2D eigenvalue weighted by molar-refractivity contribution is -0.384. The standard InChI is InChI=1S/C12H5Cl4NO2/c13-6-4-7(12(16)9(15)5-6)11-8(14)2-1-3-10(11)17(18)19/h1-5H. The third-order valence-electron chi connectivity index (χ3n) is 2.45. The first-order valence-electron chi connectivity index (χ1n) is 4.99. The van der Waals surface area contributed by atoms with Crippen LogP contribution in [-0.4, -0.2) is 4.92 Å². The van der Waals surface area contributed by atoms with Crippen molar-refractivity contribution in [1.29, 1.82) is 0 Å². The largest absolute Gasteiger partial charge is 0.278 e. The fourth-order valence-corrected chi connectivity index (χ4v) is 2.64. The van der Waals surface area contributed by atoms with Crippen LogP contribution in [0, 0.1) is 10.1 Å². The second-order valence-electron chi connectivity index (χ2n) is 3.64. The van der Waals surface area contributed by atoms with Crippen molar-refractivity contribution in [2.75, 3.05) is 0 Å². The summed E-state index contributed by atoms with van der Waals surface area (Å²) in [6.07, 6.45) is 0. The molecule has 19 heavy (non-hydrogen) atoms. The maximum atomic E-state index is 11.1. The average Bonchev–Trinajstić information content (AvgIpc) is 2.33. The summed E-state index contributed by atoms with van der Waals surface area (Å²) in [5.41, 5.74) is 0.368. The number of rotatable bonds is 2. The predicted octanol–water partition coefficient (Wildman–Crippen LogP) is 5.88. The molecule has 0 saturated carbocycles. The van der Waals surface area contributed by atoms with Crippen molar-refractivity contribution >= 4 is 52.1 Å². The molecule has 0 atom stereocenters. The Kier molecular flexibility index (Phi) is 4.21. The summed E-state index contributed by atoms with van der Waals surface area (Å²) in [6, 6.07) is 7.31. The summed E-state index contributed by atoms with van der Waals surface area (Å²) >= 11 is 23.9. The van der Waals surface area contributed by atoms with E-state index < -0.39 is 4.92 Å². The Morgan fingerprint density at radius 1 is 1.00 bits per heavy atom. The molecule has 0 aliphatic rings. The van der Waals surface area contributed by atoms with Crippen molar-refractivity contribution in [3.63, 3.8) is 0 Å². The molecule has 0 N–H and O–H groups in total. The molecule has 2 aromatic rings. The van der Waals surface area contributed by atoms with Gasteiger partial charge in [0.2, 0.25) is 0 Å². The third-order valence-corrected chi connectivity index (χ3v) is 3.79. The maximum absolute atomic E-state index is 11.1. The molecule has 0 aromatic heterocycles. The quantitative estimate of drug-likeness (QED) is 0.390. The van der Waals surface area contributed by atoms with Crippen molar-refractivity contribution < 1.29 is 4.92 Å². The summed E-state index contributed by atoms with van der Waals surface area (Å²) in [7, 11) is 0. The molecule has 0 amide bonds. The minimum Gasteiger partial charge on any atom is -0.258 e. The van der Waals surface area contributed by atoms with Gasteiger partial charge in [-0.15, -0.1) is 0 Å². The van der Waals surface area contributed by atoms with Crippen molar-refractivity contribution in [1.82, 2.24) is 0 Å². The molecule has 0 aliphatic carbocycles. The van der Waals surface area contributed by atoms with E-state index in [1.54, 1.807) is 0 Å². The highest BCUT2D eigenvalue weighted by atomic mass is 35.5. The average molecular weight is 337 g/mol. The van der Waals surface area contributed by atoms with Crippen molar-refractivity contribution in [3.8, 4) is 11.1 Å². The molecule has 98 valence electrons. The Labute approximate surface area is 128 Å². The molecular formula is C12H5Cl4NO2. The Morgan fingerprint density at radius 2 is 1.68 bits per heavy atom. The SMILES string of the molecule is O=[N+]([O-])c1cccc(Cl)c1-c1cc(Cl)cc(Cl)c1Cl. The number of hydrogen-bond donors (Lipinski definition) is 0. The van der Waals surface area contributed by atoms with E-state index in [1.807, 2.05) is 0 Å². The summed E-state index contributed by atoms with van der Waals surface area (Å²) in [6.45, 7) is 0. The van der Waals surface area contributed by atoms with Gasteiger partial charge in [0, 0.05) is 16.7 Å². The van der Waals surface area contributed by atoms with Crippen LogP contribution in [-0.2, 0) is 0 Å². The van der Waals surface area contributed by atoms with Gasteiger partial charge in [0.05, 0.1) is 25.6 Å². The van der Waals surface area contributed by atoms with Gasteiger partial charge in [-0.05, 0) is 18.2 Å². The van der Waals surface area contributed by atoms with Crippen molar-refractivity contribution in [3.05, 3.63) is 60.5 Å². The summed E-state index contributed by atoms with van der Waals surface area (Å²) in [5.74, 6) is 0. The van der Waals surface area contributed by atoms with Crippen LogP contribution in [0.1, 0.15) is 0 Å². The zero-order valence-corrected chi connectivity index (χ0v) is 12.2. The molecule has 0 saturated heterocycles. The maximum Gasteiger partial charge on any atom is 0.278 e. The zero-order chi connectivity index (χ0) is 14.2. The lowest BCUT2D eigenvalue weighted by Gasteiger charge is -2.09. The Balaban J connectivity index is 2.82. The van der Waals surface area contributed by atoms with E-state index in [4.69, 9.17) is 46.4 Å². The fraction of sp³-hybridized carbons (Fsp3) is 0. The summed E-state index contributed by atoms with van der Waals surface area (Å²) in [5, 5.41) is 12.0. The molecule has 7 heteroatoms. The van der Waals surface area contributed by atoms with E-state index >= 15 is 0 Å². The number of nitrogens with zero attached hydrogens (tertiary/aromatic N) is 1. The number of hydrogen-bond acceptors (Lipinski definition) is 2. The van der Waals surface area contributed by atoms with E-state index in [9.17, 15) is 10.1 Å². The van der Waals surface area contributed by atoms with Crippen LogP contribution < -0.4 is 0 Å². The molecule has 0 bridgehead atoms. The molecule has 0 radical (unpaired) electrons. The van der Waals surface area contributed by atoms with Gasteiger partial charge in [-0.1, -0.05) is 52.5 Å². The van der Waals surface area contributed by atoms with Gasteiger partial charge in [0.1, 0.15) is 0 Å². The highest BCUT2D eigenvalue weighted by molar-refractivity contribution is 6.45. The van der Waals surface area contributed by atoms with Gasteiger partial charge in [0.15, 0.2) is 0 Å². The van der Waals surface area contributed by atoms with Crippen LogP contribution in [0.25, 0.3) is 11.1 Å². The van der Waals surface area contributed by atoms with Gasteiger partial charge < -0.3 is 0 Å². The number of benzene rings is 2. The van der Waals surface area contributed by atoms with Gasteiger partial charge in [0.25, 0.3) is 5.69 Å². The van der Waals surface area contributed by atoms with Crippen molar-refractivity contribution in [2.24, 2.45) is 0 Å². The van der Waals surface area contributed by atoms with E-state index in [1.165, 1.54) is 30.3 Å². The van der Waals surface area contributed by atoms with E-state index in [-0.39, 0.29) is 26.3 Å². The first-order valence-corrected chi connectivity index (χ1v) is 6.51. The molecule has 2 rings (SSSR count). The highest BCUT2D eigenvalue weighted by Crippen LogP contribution is 2.43. The lowest BCUT2D eigenvalue weighted by atomic mass is 10.0. The van der Waals surface area contributed by atoms with Crippen LogP contribution >= 0.6 is 46.4 Å². The van der Waals surface area contributed by atoms with E-state index in [0.29, 0.717) is 10.6 Å². The lowest BCUT2D eigenvalue weighted by Crippen LogP contribution is -1.93. The molecule has 0 aliphatic heterocycles. The number of nitro benzene ring substituents is 1. The van der Waals surface area contributed by atoms with E-state index in [2.05, 4.69) is 0 Å². The van der Waals surface area contributed by atoms with Crippen LogP contribution in [0.2, 0.25) is 20.1 Å². The smallest absolute Gasteiger partial charge is 0.258 e. The first kappa shape index (κ1) is 14.4. The Hall–Kier alpha value is -1.000. The molecule has 2 aromatic carbocycles. The predicted molar refractivity (Wildman–Crippen MR) is 78.6 cm³/mol. The van der Waals surface area contributed by atoms with Gasteiger partial charge in [-0.3, -0.25) is 10.1 Å². The third kappa shape index (κ3) is 2.79. The van der Waals surface area contributed by atoms with Crippen LogP contribution in [0.15, 0.2) is 30.3 Å². The molecule has 0 fully saturated rings. The van der Waals surface area contributed by atoms with Gasteiger partial charge in [-0.25, -0.2) is 0 Å². The second kappa shape index (κ2) is 5.55. The van der Waals surface area contributed by atoms with E-state index in [0.717, 1.165) is 0 Å². The minimum absolute atomic E-state index is 0.160. The number of nitro groups is 1. The fourth-order valence-electron chi connectivity index (χ4n) is 1.67.